The Morgan fingerprint density at radius 3 is 2.70 bits per heavy atom. The van der Waals surface area contributed by atoms with Gasteiger partial charge in [0.25, 0.3) is 0 Å². The Hall–Kier alpha value is -2.41. The maximum Gasteiger partial charge on any atom is 0.360 e. The Morgan fingerprint density at radius 2 is 2.15 bits per heavy atom. The summed E-state index contributed by atoms with van der Waals surface area (Å²) in [5.41, 5.74) is 7.45. The van der Waals surface area contributed by atoms with Crippen LogP contribution in [0.4, 0.5) is 5.13 Å². The molecule has 0 fully saturated rings. The number of carbonyl (C=O) groups is 1. The van der Waals surface area contributed by atoms with Gasteiger partial charge in [0.05, 0.1) is 0 Å². The van der Waals surface area contributed by atoms with Gasteiger partial charge in [-0.15, -0.1) is 11.3 Å². The molecule has 0 atom stereocenters. The molecule has 0 bridgehead atoms. The summed E-state index contributed by atoms with van der Waals surface area (Å²) >= 11 is 1.15. The van der Waals surface area contributed by atoms with Crippen molar-refractivity contribution in [3.8, 4) is 0 Å². The smallest absolute Gasteiger partial charge is 0.360 e. The summed E-state index contributed by atoms with van der Waals surface area (Å²) in [6.45, 7) is 2.18. The maximum atomic E-state index is 11.1. The van der Waals surface area contributed by atoms with Crippen LogP contribution in [0.15, 0.2) is 34.8 Å². The van der Waals surface area contributed by atoms with Crippen LogP contribution in [0.3, 0.4) is 0 Å². The lowest BCUT2D eigenvalue weighted by atomic mass is 10.2. The number of oxime groups is 1. The first-order chi connectivity index (χ1) is 9.56. The van der Waals surface area contributed by atoms with Crippen LogP contribution in [0.5, 0.6) is 0 Å². The van der Waals surface area contributed by atoms with Gasteiger partial charge in [-0.3, -0.25) is 0 Å². The zero-order valence-electron chi connectivity index (χ0n) is 10.7. The van der Waals surface area contributed by atoms with E-state index in [4.69, 9.17) is 15.7 Å². The van der Waals surface area contributed by atoms with Crippen molar-refractivity contribution in [3.63, 3.8) is 0 Å². The minimum absolute atomic E-state index is 0.191. The minimum atomic E-state index is -1.21. The third-order valence-electron chi connectivity index (χ3n) is 2.47. The van der Waals surface area contributed by atoms with E-state index in [1.54, 1.807) is 0 Å². The fourth-order valence-corrected chi connectivity index (χ4v) is 2.00. The molecule has 0 unspecified atom stereocenters. The van der Waals surface area contributed by atoms with Gasteiger partial charge in [0.1, 0.15) is 12.3 Å². The summed E-state index contributed by atoms with van der Waals surface area (Å²) in [6, 6.07) is 7.68. The highest BCUT2D eigenvalue weighted by molar-refractivity contribution is 7.13. The van der Waals surface area contributed by atoms with Gasteiger partial charge in [-0.05, 0) is 12.5 Å². The number of nitrogens with zero attached hydrogens (tertiary/aromatic N) is 2. The molecule has 3 N–H and O–H groups in total. The zero-order chi connectivity index (χ0) is 14.5. The van der Waals surface area contributed by atoms with E-state index in [0.717, 1.165) is 22.5 Å². The maximum absolute atomic E-state index is 11.1. The van der Waals surface area contributed by atoms with Gasteiger partial charge in [-0.1, -0.05) is 35.0 Å². The highest BCUT2D eigenvalue weighted by atomic mass is 32.1. The second kappa shape index (κ2) is 6.16. The van der Waals surface area contributed by atoms with Crippen LogP contribution >= 0.6 is 11.3 Å². The number of thiazole rings is 1. The van der Waals surface area contributed by atoms with Gasteiger partial charge in [-0.2, -0.15) is 0 Å². The molecule has 0 radical (unpaired) electrons. The van der Waals surface area contributed by atoms with Gasteiger partial charge in [0, 0.05) is 5.38 Å². The van der Waals surface area contributed by atoms with Gasteiger partial charge in [0.15, 0.2) is 5.13 Å². The fourth-order valence-electron chi connectivity index (χ4n) is 1.45. The monoisotopic (exact) mass is 291 g/mol. The number of benzene rings is 1. The second-order valence-corrected chi connectivity index (χ2v) is 4.96. The van der Waals surface area contributed by atoms with E-state index in [1.807, 2.05) is 31.2 Å². The molecular formula is C13H13N3O3S. The number of anilines is 1. The third kappa shape index (κ3) is 3.55. The van der Waals surface area contributed by atoms with Gasteiger partial charge >= 0.3 is 5.97 Å². The topological polar surface area (TPSA) is 97.8 Å². The lowest BCUT2D eigenvalue weighted by Crippen LogP contribution is -2.15. The predicted octanol–water partition coefficient (Wildman–Crippen LogP) is 2.04. The molecule has 1 heterocycles. The summed E-state index contributed by atoms with van der Waals surface area (Å²) in [7, 11) is 0. The molecule has 2 aromatic rings. The first kappa shape index (κ1) is 14.0. The van der Waals surface area contributed by atoms with Gasteiger partial charge < -0.3 is 15.7 Å². The van der Waals surface area contributed by atoms with Crippen LogP contribution in [0.25, 0.3) is 0 Å². The second-order valence-electron chi connectivity index (χ2n) is 4.08. The molecule has 1 aromatic carbocycles. The molecule has 0 aliphatic carbocycles. The van der Waals surface area contributed by atoms with Crippen LogP contribution in [0.1, 0.15) is 16.8 Å². The van der Waals surface area contributed by atoms with E-state index in [0.29, 0.717) is 0 Å². The lowest BCUT2D eigenvalue weighted by molar-refractivity contribution is -0.129. The van der Waals surface area contributed by atoms with Crippen molar-refractivity contribution in [1.82, 2.24) is 4.98 Å². The van der Waals surface area contributed by atoms with Crippen LogP contribution in [-0.2, 0) is 16.2 Å². The Balaban J connectivity index is 2.07. The standard InChI is InChI=1S/C13H13N3O3S/c1-8-2-4-9(5-3-8)6-19-16-11(12(17)18)10-7-20-13(14)15-10/h2-5,7H,6H2,1H3,(H2,14,15)(H,17,18)/b16-11-. The Labute approximate surface area is 119 Å². The van der Waals surface area contributed by atoms with E-state index >= 15 is 0 Å². The summed E-state index contributed by atoms with van der Waals surface area (Å²) in [5.74, 6) is -1.21. The minimum Gasteiger partial charge on any atom is -0.476 e. The predicted molar refractivity (Wildman–Crippen MR) is 76.7 cm³/mol. The number of hydrogen-bond donors (Lipinski definition) is 2. The summed E-state index contributed by atoms with van der Waals surface area (Å²) in [4.78, 5) is 20.1. The molecule has 2 rings (SSSR count). The molecule has 0 saturated heterocycles. The number of aromatic nitrogens is 1. The summed E-state index contributed by atoms with van der Waals surface area (Å²) < 4.78 is 0. The van der Waals surface area contributed by atoms with Crippen molar-refractivity contribution in [2.24, 2.45) is 5.16 Å². The van der Waals surface area contributed by atoms with Crippen molar-refractivity contribution >= 4 is 28.1 Å². The number of nitrogens with two attached hydrogens (primary N) is 1. The van der Waals surface area contributed by atoms with E-state index < -0.39 is 5.97 Å². The number of hydrogen-bond acceptors (Lipinski definition) is 6. The largest absolute Gasteiger partial charge is 0.476 e. The van der Waals surface area contributed by atoms with Crippen LogP contribution < -0.4 is 5.73 Å². The Bertz CT molecular complexity index is 635. The first-order valence-corrected chi connectivity index (χ1v) is 6.64. The summed E-state index contributed by atoms with van der Waals surface area (Å²) in [6.07, 6.45) is 0. The summed E-state index contributed by atoms with van der Waals surface area (Å²) in [5, 5.41) is 14.5. The van der Waals surface area contributed by atoms with E-state index in [1.165, 1.54) is 5.38 Å². The van der Waals surface area contributed by atoms with E-state index in [2.05, 4.69) is 10.1 Å². The number of rotatable bonds is 5. The molecule has 0 aliphatic rings. The molecule has 7 heteroatoms. The highest BCUT2D eigenvalue weighted by Crippen LogP contribution is 2.13. The van der Waals surface area contributed by atoms with Crippen molar-refractivity contribution in [3.05, 3.63) is 46.5 Å². The average Bonchev–Trinajstić information content (AvgIpc) is 2.82. The lowest BCUT2D eigenvalue weighted by Gasteiger charge is -2.02. The molecule has 1 aromatic heterocycles. The van der Waals surface area contributed by atoms with Gasteiger partial charge in [0.2, 0.25) is 5.71 Å². The fraction of sp³-hybridized carbons (Fsp3) is 0.154. The van der Waals surface area contributed by atoms with Crippen molar-refractivity contribution in [2.75, 3.05) is 5.73 Å². The molecule has 0 amide bonds. The normalized spacial score (nSPS) is 11.3. The number of aryl methyl sites for hydroxylation is 1. The van der Waals surface area contributed by atoms with E-state index in [9.17, 15) is 4.79 Å². The SMILES string of the molecule is Cc1ccc(CO/N=C(\C(=O)O)c2csc(N)n2)cc1. The van der Waals surface area contributed by atoms with Gasteiger partial charge in [-0.25, -0.2) is 9.78 Å². The number of nitrogen functional groups attached to an aromatic ring is 1. The Kier molecular flexibility index (Phi) is 4.31. The molecule has 104 valence electrons. The van der Waals surface area contributed by atoms with Crippen LogP contribution in [-0.4, -0.2) is 21.8 Å². The molecular weight excluding hydrogens is 278 g/mol. The third-order valence-corrected chi connectivity index (χ3v) is 3.15. The molecule has 6 nitrogen and oxygen atoms in total. The quantitative estimate of drug-likeness (QED) is 0.649. The number of carboxylic acids is 1. The van der Waals surface area contributed by atoms with Crippen molar-refractivity contribution in [2.45, 2.75) is 13.5 Å². The first-order valence-electron chi connectivity index (χ1n) is 5.76. The molecule has 20 heavy (non-hydrogen) atoms. The van der Waals surface area contributed by atoms with Crippen molar-refractivity contribution in [1.29, 1.82) is 0 Å². The van der Waals surface area contributed by atoms with Crippen molar-refractivity contribution < 1.29 is 14.7 Å². The molecule has 0 spiro atoms. The van der Waals surface area contributed by atoms with Crippen LogP contribution in [0.2, 0.25) is 0 Å². The zero-order valence-corrected chi connectivity index (χ0v) is 11.6. The molecule has 0 saturated carbocycles. The average molecular weight is 291 g/mol. The number of carboxylic acid groups (broad SMARTS) is 1. The highest BCUT2D eigenvalue weighted by Gasteiger charge is 2.16. The molecule has 0 aliphatic heterocycles. The Morgan fingerprint density at radius 1 is 1.45 bits per heavy atom. The van der Waals surface area contributed by atoms with Crippen LogP contribution in [0, 0.1) is 6.92 Å². The van der Waals surface area contributed by atoms with E-state index in [-0.39, 0.29) is 23.1 Å². The number of aliphatic carboxylic acids is 1.